The number of carbonyl (C=O) groups excluding carboxylic acids is 1. The predicted octanol–water partition coefficient (Wildman–Crippen LogP) is 3.50. The molecule has 3 aliphatic rings. The van der Waals surface area contributed by atoms with Crippen LogP contribution in [0, 0.1) is 11.8 Å². The number of ketones is 1. The molecule has 22 heavy (non-hydrogen) atoms. The molecule has 0 spiro atoms. The molecule has 4 rings (SSSR count). The highest BCUT2D eigenvalue weighted by Gasteiger charge is 2.51. The molecule has 1 aliphatic heterocycles. The summed E-state index contributed by atoms with van der Waals surface area (Å²) >= 11 is 0. The van der Waals surface area contributed by atoms with E-state index in [4.69, 9.17) is 9.47 Å². The first-order chi connectivity index (χ1) is 10.6. The van der Waals surface area contributed by atoms with Crippen molar-refractivity contribution in [3.05, 3.63) is 29.3 Å². The summed E-state index contributed by atoms with van der Waals surface area (Å²) in [6.07, 6.45) is 5.21. The first kappa shape index (κ1) is 14.3. The lowest BCUT2D eigenvalue weighted by Gasteiger charge is -2.53. The van der Waals surface area contributed by atoms with Gasteiger partial charge in [-0.2, -0.15) is 0 Å². The summed E-state index contributed by atoms with van der Waals surface area (Å²) in [7, 11) is 1.73. The van der Waals surface area contributed by atoms with E-state index >= 15 is 0 Å². The van der Waals surface area contributed by atoms with Gasteiger partial charge < -0.3 is 9.47 Å². The Balaban J connectivity index is 1.68. The Morgan fingerprint density at radius 2 is 2.18 bits per heavy atom. The molecule has 2 aliphatic carbocycles. The van der Waals surface area contributed by atoms with Gasteiger partial charge in [0.15, 0.2) is 5.78 Å². The minimum absolute atomic E-state index is 0.0843. The lowest BCUT2D eigenvalue weighted by Crippen LogP contribution is -2.53. The Morgan fingerprint density at radius 1 is 1.32 bits per heavy atom. The first-order valence-corrected chi connectivity index (χ1v) is 8.43. The van der Waals surface area contributed by atoms with Gasteiger partial charge >= 0.3 is 0 Å². The number of Topliss-reactive ketones (excluding diaryl/α,β-unsaturated/α-hetero) is 1. The average Bonchev–Trinajstić information content (AvgIpc) is 2.54. The molecular weight excluding hydrogens is 276 g/mol. The van der Waals surface area contributed by atoms with Gasteiger partial charge in [0, 0.05) is 6.42 Å². The van der Waals surface area contributed by atoms with Crippen molar-refractivity contribution in [1.82, 2.24) is 0 Å². The number of carbonyl (C=O) groups is 1. The average molecular weight is 300 g/mol. The van der Waals surface area contributed by atoms with Crippen LogP contribution in [0.15, 0.2) is 18.2 Å². The molecule has 4 atom stereocenters. The summed E-state index contributed by atoms with van der Waals surface area (Å²) in [5, 5.41) is 0. The van der Waals surface area contributed by atoms with Gasteiger partial charge in [0.25, 0.3) is 0 Å². The van der Waals surface area contributed by atoms with Crippen LogP contribution in [-0.2, 0) is 16.0 Å². The van der Waals surface area contributed by atoms with Crippen molar-refractivity contribution >= 4 is 5.78 Å². The summed E-state index contributed by atoms with van der Waals surface area (Å²) < 4.78 is 11.4. The van der Waals surface area contributed by atoms with Gasteiger partial charge in [-0.15, -0.1) is 0 Å². The third kappa shape index (κ3) is 2.10. The summed E-state index contributed by atoms with van der Waals surface area (Å²) in [6, 6.07) is 6.53. The molecule has 1 aromatic rings. The molecule has 3 heteroatoms. The van der Waals surface area contributed by atoms with E-state index < -0.39 is 0 Å². The van der Waals surface area contributed by atoms with E-state index in [1.165, 1.54) is 24.0 Å². The molecule has 2 fully saturated rings. The molecule has 1 saturated carbocycles. The SMILES string of the molecule is COc1ccc2c(c1)CCC1C2CC[C@]2(C)OCC(=O)C[C@@H]12. The maximum absolute atomic E-state index is 11.9. The van der Waals surface area contributed by atoms with Crippen LogP contribution in [0.3, 0.4) is 0 Å². The van der Waals surface area contributed by atoms with Gasteiger partial charge in [-0.3, -0.25) is 4.79 Å². The minimum atomic E-state index is -0.0843. The first-order valence-electron chi connectivity index (χ1n) is 8.43. The van der Waals surface area contributed by atoms with Crippen LogP contribution < -0.4 is 4.74 Å². The van der Waals surface area contributed by atoms with Gasteiger partial charge in [0.2, 0.25) is 0 Å². The Labute approximate surface area is 132 Å². The predicted molar refractivity (Wildman–Crippen MR) is 84.3 cm³/mol. The van der Waals surface area contributed by atoms with E-state index in [1.54, 1.807) is 7.11 Å². The van der Waals surface area contributed by atoms with Gasteiger partial charge in [-0.25, -0.2) is 0 Å². The minimum Gasteiger partial charge on any atom is -0.497 e. The molecule has 0 aromatic heterocycles. The van der Waals surface area contributed by atoms with Crippen molar-refractivity contribution in [2.75, 3.05) is 13.7 Å². The van der Waals surface area contributed by atoms with E-state index in [2.05, 4.69) is 25.1 Å². The quantitative estimate of drug-likeness (QED) is 0.796. The van der Waals surface area contributed by atoms with Crippen LogP contribution in [0.4, 0.5) is 0 Å². The van der Waals surface area contributed by atoms with Crippen LogP contribution in [0.5, 0.6) is 5.75 Å². The number of rotatable bonds is 1. The number of benzene rings is 1. The normalized spacial score (nSPS) is 37.0. The monoisotopic (exact) mass is 300 g/mol. The zero-order chi connectivity index (χ0) is 15.3. The maximum Gasteiger partial charge on any atom is 0.158 e. The summed E-state index contributed by atoms with van der Waals surface area (Å²) in [5.41, 5.74) is 2.84. The number of ether oxygens (including phenoxy) is 2. The van der Waals surface area contributed by atoms with Gasteiger partial charge in [-0.1, -0.05) is 6.07 Å². The number of fused-ring (bicyclic) bond motifs is 5. The lowest BCUT2D eigenvalue weighted by atomic mass is 9.57. The van der Waals surface area contributed by atoms with E-state index in [9.17, 15) is 4.79 Å². The molecule has 0 amide bonds. The maximum atomic E-state index is 11.9. The van der Waals surface area contributed by atoms with Crippen molar-refractivity contribution in [1.29, 1.82) is 0 Å². The smallest absolute Gasteiger partial charge is 0.158 e. The topological polar surface area (TPSA) is 35.5 Å². The van der Waals surface area contributed by atoms with Crippen LogP contribution in [0.1, 0.15) is 49.7 Å². The second-order valence-electron chi connectivity index (χ2n) is 7.36. The third-order valence-corrected chi connectivity index (χ3v) is 6.28. The molecule has 2 unspecified atom stereocenters. The van der Waals surface area contributed by atoms with Crippen LogP contribution in [0.25, 0.3) is 0 Å². The van der Waals surface area contributed by atoms with E-state index in [0.717, 1.165) is 18.6 Å². The molecule has 1 saturated heterocycles. The Bertz CT molecular complexity index is 609. The molecule has 0 radical (unpaired) electrons. The highest BCUT2D eigenvalue weighted by atomic mass is 16.5. The van der Waals surface area contributed by atoms with Crippen LogP contribution in [0.2, 0.25) is 0 Å². The van der Waals surface area contributed by atoms with Crippen molar-refractivity contribution < 1.29 is 14.3 Å². The van der Waals surface area contributed by atoms with Crippen molar-refractivity contribution in [2.45, 2.75) is 50.5 Å². The zero-order valence-electron chi connectivity index (χ0n) is 13.4. The zero-order valence-corrected chi connectivity index (χ0v) is 13.4. The molecule has 1 heterocycles. The lowest BCUT2D eigenvalue weighted by molar-refractivity contribution is -0.169. The second kappa shape index (κ2) is 5.09. The third-order valence-electron chi connectivity index (χ3n) is 6.28. The summed E-state index contributed by atoms with van der Waals surface area (Å²) in [6.45, 7) is 2.54. The number of methoxy groups -OCH3 is 1. The molecule has 1 aromatic carbocycles. The molecular formula is C19H24O3. The number of aryl methyl sites for hydroxylation is 1. The van der Waals surface area contributed by atoms with Crippen LogP contribution >= 0.6 is 0 Å². The number of hydrogen-bond donors (Lipinski definition) is 0. The van der Waals surface area contributed by atoms with E-state index in [0.29, 0.717) is 30.8 Å². The molecule has 3 nitrogen and oxygen atoms in total. The standard InChI is InChI=1S/C19H24O3/c1-19-8-7-16-15-6-4-14(21-2)9-12(15)3-5-17(16)18(19)10-13(20)11-22-19/h4,6,9,16-18H,3,5,7-8,10-11H2,1-2H3/t16?,17?,18-,19-/m0/s1. The van der Waals surface area contributed by atoms with Crippen molar-refractivity contribution in [3.8, 4) is 5.75 Å². The fourth-order valence-electron chi connectivity index (χ4n) is 5.07. The highest BCUT2D eigenvalue weighted by Crippen LogP contribution is 2.54. The molecule has 0 bridgehead atoms. The van der Waals surface area contributed by atoms with Crippen LogP contribution in [-0.4, -0.2) is 25.1 Å². The largest absolute Gasteiger partial charge is 0.497 e. The molecule has 0 N–H and O–H groups in total. The Kier molecular flexibility index (Phi) is 3.30. The van der Waals surface area contributed by atoms with Crippen molar-refractivity contribution in [3.63, 3.8) is 0 Å². The van der Waals surface area contributed by atoms with Gasteiger partial charge in [0.1, 0.15) is 12.4 Å². The summed E-state index contributed by atoms with van der Waals surface area (Å²) in [4.78, 5) is 11.9. The second-order valence-corrected chi connectivity index (χ2v) is 7.36. The Morgan fingerprint density at radius 3 is 3.00 bits per heavy atom. The number of hydrogen-bond acceptors (Lipinski definition) is 3. The summed E-state index contributed by atoms with van der Waals surface area (Å²) in [5.74, 6) is 2.80. The Hall–Kier alpha value is -1.35. The van der Waals surface area contributed by atoms with Gasteiger partial charge in [-0.05, 0) is 73.6 Å². The fourth-order valence-corrected chi connectivity index (χ4v) is 5.07. The fraction of sp³-hybridized carbons (Fsp3) is 0.632. The molecule has 118 valence electrons. The highest BCUT2D eigenvalue weighted by molar-refractivity contribution is 5.81. The van der Waals surface area contributed by atoms with E-state index in [-0.39, 0.29) is 11.4 Å². The van der Waals surface area contributed by atoms with E-state index in [1.807, 2.05) is 0 Å². The van der Waals surface area contributed by atoms with Crippen molar-refractivity contribution in [2.24, 2.45) is 11.8 Å². The van der Waals surface area contributed by atoms with Gasteiger partial charge in [0.05, 0.1) is 12.7 Å².